The Morgan fingerprint density at radius 3 is 2.65 bits per heavy atom. The first-order valence-electron chi connectivity index (χ1n) is 6.59. The molecular weight excluding hydrogens is 214 g/mol. The average molecular weight is 237 g/mol. The number of hydrogen-bond acceptors (Lipinski definition) is 4. The van der Waals surface area contributed by atoms with Crippen molar-refractivity contribution >= 4 is 0 Å². The van der Waals surface area contributed by atoms with Crippen molar-refractivity contribution in [2.75, 3.05) is 27.3 Å². The van der Waals surface area contributed by atoms with Gasteiger partial charge in [-0.3, -0.25) is 4.90 Å². The zero-order valence-electron chi connectivity index (χ0n) is 10.9. The minimum absolute atomic E-state index is 0.287. The Morgan fingerprint density at radius 1 is 1.41 bits per heavy atom. The maximum Gasteiger partial charge on any atom is 0.108 e. The lowest BCUT2D eigenvalue weighted by molar-refractivity contribution is 0.113. The first-order valence-corrected chi connectivity index (χ1v) is 6.59. The maximum absolute atomic E-state index is 9.29. The topological polar surface area (TPSA) is 48.3 Å². The standard InChI is InChI=1S/C13H23N3O/c1-15-13(10-14)6-5-12(9-13)16(7-8-17-2)11-3-4-11/h11-12,15H,3-9H2,1-2H3. The summed E-state index contributed by atoms with van der Waals surface area (Å²) in [6, 6.07) is 3.77. The quantitative estimate of drug-likeness (QED) is 0.752. The van der Waals surface area contributed by atoms with Crippen LogP contribution in [0.25, 0.3) is 0 Å². The van der Waals surface area contributed by atoms with E-state index < -0.39 is 0 Å². The molecule has 0 spiro atoms. The van der Waals surface area contributed by atoms with E-state index in [0.717, 1.165) is 38.5 Å². The van der Waals surface area contributed by atoms with Crippen LogP contribution in [0.2, 0.25) is 0 Å². The van der Waals surface area contributed by atoms with Gasteiger partial charge in [-0.25, -0.2) is 0 Å². The lowest BCUT2D eigenvalue weighted by Crippen LogP contribution is -2.43. The summed E-state index contributed by atoms with van der Waals surface area (Å²) < 4.78 is 5.19. The summed E-state index contributed by atoms with van der Waals surface area (Å²) in [6.45, 7) is 1.81. The highest BCUT2D eigenvalue weighted by atomic mass is 16.5. The van der Waals surface area contributed by atoms with Crippen LogP contribution >= 0.6 is 0 Å². The Bertz CT molecular complexity index is 298. The second-order valence-electron chi connectivity index (χ2n) is 5.30. The Labute approximate surface area is 104 Å². The maximum atomic E-state index is 9.29. The predicted molar refractivity (Wildman–Crippen MR) is 66.6 cm³/mol. The second kappa shape index (κ2) is 5.34. The minimum atomic E-state index is -0.287. The number of nitrogens with one attached hydrogen (secondary N) is 1. The highest BCUT2D eigenvalue weighted by Crippen LogP contribution is 2.37. The molecule has 2 unspecified atom stereocenters. The number of hydrogen-bond donors (Lipinski definition) is 1. The van der Waals surface area contributed by atoms with Gasteiger partial charge in [0, 0.05) is 25.7 Å². The highest BCUT2D eigenvalue weighted by Gasteiger charge is 2.43. The lowest BCUT2D eigenvalue weighted by atomic mass is 10.00. The van der Waals surface area contributed by atoms with Crippen molar-refractivity contribution in [1.29, 1.82) is 5.26 Å². The predicted octanol–water partition coefficient (Wildman–Crippen LogP) is 1.13. The van der Waals surface area contributed by atoms with E-state index >= 15 is 0 Å². The fourth-order valence-electron chi connectivity index (χ4n) is 2.95. The summed E-state index contributed by atoms with van der Waals surface area (Å²) in [5.41, 5.74) is -0.287. The van der Waals surface area contributed by atoms with E-state index in [1.165, 1.54) is 12.8 Å². The summed E-state index contributed by atoms with van der Waals surface area (Å²) in [5.74, 6) is 0. The van der Waals surface area contributed by atoms with E-state index in [9.17, 15) is 5.26 Å². The third kappa shape index (κ3) is 2.79. The van der Waals surface area contributed by atoms with E-state index in [2.05, 4.69) is 16.3 Å². The van der Waals surface area contributed by atoms with Crippen LogP contribution in [-0.4, -0.2) is 49.8 Å². The zero-order valence-corrected chi connectivity index (χ0v) is 10.9. The fraction of sp³-hybridized carbons (Fsp3) is 0.923. The summed E-state index contributed by atoms with van der Waals surface area (Å²) in [7, 11) is 3.66. The molecule has 2 atom stereocenters. The lowest BCUT2D eigenvalue weighted by Gasteiger charge is -2.29. The number of nitriles is 1. The molecule has 2 rings (SSSR count). The van der Waals surface area contributed by atoms with E-state index in [1.54, 1.807) is 7.11 Å². The molecule has 4 heteroatoms. The Hall–Kier alpha value is -0.630. The van der Waals surface area contributed by atoms with Crippen molar-refractivity contribution in [1.82, 2.24) is 10.2 Å². The van der Waals surface area contributed by atoms with E-state index in [-0.39, 0.29) is 5.54 Å². The van der Waals surface area contributed by atoms with Gasteiger partial charge in [0.15, 0.2) is 0 Å². The van der Waals surface area contributed by atoms with E-state index in [4.69, 9.17) is 4.74 Å². The van der Waals surface area contributed by atoms with Gasteiger partial charge in [0.2, 0.25) is 0 Å². The molecular formula is C13H23N3O. The van der Waals surface area contributed by atoms with Gasteiger partial charge in [-0.15, -0.1) is 0 Å². The number of methoxy groups -OCH3 is 1. The van der Waals surface area contributed by atoms with Crippen molar-refractivity contribution in [2.45, 2.75) is 49.7 Å². The monoisotopic (exact) mass is 237 g/mol. The van der Waals surface area contributed by atoms with Crippen molar-refractivity contribution in [3.8, 4) is 6.07 Å². The van der Waals surface area contributed by atoms with Gasteiger partial charge in [0.1, 0.15) is 5.54 Å². The normalized spacial score (nSPS) is 32.9. The zero-order chi connectivity index (χ0) is 12.3. The smallest absolute Gasteiger partial charge is 0.108 e. The Kier molecular flexibility index (Phi) is 4.03. The van der Waals surface area contributed by atoms with Crippen LogP contribution in [-0.2, 0) is 4.74 Å². The van der Waals surface area contributed by atoms with E-state index in [1.807, 2.05) is 7.05 Å². The van der Waals surface area contributed by atoms with Gasteiger partial charge in [0.25, 0.3) is 0 Å². The van der Waals surface area contributed by atoms with Gasteiger partial charge in [-0.05, 0) is 39.2 Å². The molecule has 0 heterocycles. The third-order valence-corrected chi connectivity index (χ3v) is 4.22. The van der Waals surface area contributed by atoms with Crippen LogP contribution in [0.3, 0.4) is 0 Å². The minimum Gasteiger partial charge on any atom is -0.383 e. The molecule has 4 nitrogen and oxygen atoms in total. The molecule has 0 bridgehead atoms. The van der Waals surface area contributed by atoms with Gasteiger partial charge >= 0.3 is 0 Å². The second-order valence-corrected chi connectivity index (χ2v) is 5.30. The molecule has 0 aliphatic heterocycles. The molecule has 0 amide bonds. The molecule has 2 fully saturated rings. The molecule has 0 aromatic heterocycles. The molecule has 2 saturated carbocycles. The largest absolute Gasteiger partial charge is 0.383 e. The highest BCUT2D eigenvalue weighted by molar-refractivity contribution is 5.13. The van der Waals surface area contributed by atoms with Crippen molar-refractivity contribution in [2.24, 2.45) is 0 Å². The summed E-state index contributed by atoms with van der Waals surface area (Å²) >= 11 is 0. The summed E-state index contributed by atoms with van der Waals surface area (Å²) in [6.07, 6.45) is 5.70. The summed E-state index contributed by atoms with van der Waals surface area (Å²) in [4.78, 5) is 2.57. The molecule has 0 radical (unpaired) electrons. The molecule has 0 saturated heterocycles. The molecule has 0 aromatic carbocycles. The molecule has 96 valence electrons. The molecule has 1 N–H and O–H groups in total. The number of ether oxygens (including phenoxy) is 1. The van der Waals surface area contributed by atoms with Crippen molar-refractivity contribution < 1.29 is 4.74 Å². The number of rotatable bonds is 6. The van der Waals surface area contributed by atoms with Gasteiger partial charge < -0.3 is 10.1 Å². The van der Waals surface area contributed by atoms with Gasteiger partial charge in [-0.2, -0.15) is 5.26 Å². The first kappa shape index (κ1) is 12.8. The van der Waals surface area contributed by atoms with Crippen LogP contribution < -0.4 is 5.32 Å². The Balaban J connectivity index is 1.94. The van der Waals surface area contributed by atoms with Crippen molar-refractivity contribution in [3.05, 3.63) is 0 Å². The molecule has 0 aromatic rings. The Morgan fingerprint density at radius 2 is 2.18 bits per heavy atom. The fourth-order valence-corrected chi connectivity index (χ4v) is 2.95. The third-order valence-electron chi connectivity index (χ3n) is 4.22. The number of nitrogens with zero attached hydrogens (tertiary/aromatic N) is 2. The van der Waals surface area contributed by atoms with Crippen molar-refractivity contribution in [3.63, 3.8) is 0 Å². The molecule has 2 aliphatic carbocycles. The molecule has 2 aliphatic rings. The van der Waals surface area contributed by atoms with Gasteiger partial charge in [-0.1, -0.05) is 0 Å². The van der Waals surface area contributed by atoms with Crippen LogP contribution in [0.4, 0.5) is 0 Å². The summed E-state index contributed by atoms with van der Waals surface area (Å²) in [5, 5.41) is 12.5. The van der Waals surface area contributed by atoms with Gasteiger partial charge in [0.05, 0.1) is 12.7 Å². The average Bonchev–Trinajstić information content (AvgIpc) is 3.10. The van der Waals surface area contributed by atoms with Crippen LogP contribution in [0, 0.1) is 11.3 Å². The van der Waals surface area contributed by atoms with Crippen LogP contribution in [0.5, 0.6) is 0 Å². The van der Waals surface area contributed by atoms with Crippen LogP contribution in [0.1, 0.15) is 32.1 Å². The molecule has 17 heavy (non-hydrogen) atoms. The van der Waals surface area contributed by atoms with Crippen LogP contribution in [0.15, 0.2) is 0 Å². The SMILES string of the molecule is CNC1(C#N)CCC(N(CCOC)C2CC2)C1. The first-order chi connectivity index (χ1) is 8.24. The van der Waals surface area contributed by atoms with E-state index in [0.29, 0.717) is 6.04 Å².